The number of aliphatic hydroxyl groups excluding tert-OH is 1. The van der Waals surface area contributed by atoms with E-state index in [1.807, 2.05) is 24.3 Å². The molecule has 0 saturated carbocycles. The molecule has 1 aromatic rings. The summed E-state index contributed by atoms with van der Waals surface area (Å²) in [7, 11) is 0. The number of hydrogen-bond donors (Lipinski definition) is 2. The second kappa shape index (κ2) is 6.70. The zero-order valence-electron chi connectivity index (χ0n) is 9.84. The van der Waals surface area contributed by atoms with Gasteiger partial charge in [0, 0.05) is 12.6 Å². The van der Waals surface area contributed by atoms with Crippen molar-refractivity contribution < 1.29 is 15.1 Å². The first-order chi connectivity index (χ1) is 8.13. The monoisotopic (exact) mass is 235 g/mol. The molecule has 2 N–H and O–H groups in total. The molecule has 0 aliphatic carbocycles. The third-order valence-corrected chi connectivity index (χ3v) is 2.31. The standard InChI is InChI=1S/C13H17NO3/c1-10(2)13(15)9-17-12-5-3-11(4-6-12)7-8-14-16/h3-6,8,13,15-16H,1,7,9H2,2H3/t13-/m1/s1. The van der Waals surface area contributed by atoms with Crippen LogP contribution in [-0.2, 0) is 6.42 Å². The van der Waals surface area contributed by atoms with Gasteiger partial charge in [-0.15, -0.1) is 5.16 Å². The molecule has 17 heavy (non-hydrogen) atoms. The minimum atomic E-state index is -0.642. The first-order valence-electron chi connectivity index (χ1n) is 5.34. The minimum Gasteiger partial charge on any atom is -0.491 e. The Kier molecular flexibility index (Phi) is 5.23. The lowest BCUT2D eigenvalue weighted by atomic mass is 10.1. The van der Waals surface area contributed by atoms with Gasteiger partial charge in [-0.3, -0.25) is 0 Å². The number of benzene rings is 1. The van der Waals surface area contributed by atoms with E-state index in [4.69, 9.17) is 9.94 Å². The van der Waals surface area contributed by atoms with Crippen LogP contribution in [0.2, 0.25) is 0 Å². The maximum Gasteiger partial charge on any atom is 0.119 e. The van der Waals surface area contributed by atoms with Crippen molar-refractivity contribution in [2.75, 3.05) is 6.61 Å². The molecule has 0 amide bonds. The van der Waals surface area contributed by atoms with E-state index in [2.05, 4.69) is 11.7 Å². The first-order valence-corrected chi connectivity index (χ1v) is 5.34. The molecule has 0 heterocycles. The summed E-state index contributed by atoms with van der Waals surface area (Å²) < 4.78 is 5.39. The molecule has 0 bridgehead atoms. The van der Waals surface area contributed by atoms with Crippen molar-refractivity contribution in [3.63, 3.8) is 0 Å². The molecule has 4 heteroatoms. The van der Waals surface area contributed by atoms with Crippen molar-refractivity contribution in [3.05, 3.63) is 42.0 Å². The number of oxime groups is 1. The lowest BCUT2D eigenvalue weighted by Crippen LogP contribution is -2.18. The van der Waals surface area contributed by atoms with Crippen molar-refractivity contribution in [2.45, 2.75) is 19.4 Å². The van der Waals surface area contributed by atoms with Crippen LogP contribution in [0.3, 0.4) is 0 Å². The molecule has 4 nitrogen and oxygen atoms in total. The zero-order valence-corrected chi connectivity index (χ0v) is 9.84. The van der Waals surface area contributed by atoms with E-state index < -0.39 is 6.10 Å². The summed E-state index contributed by atoms with van der Waals surface area (Å²) in [5.74, 6) is 0.690. The number of hydrogen-bond acceptors (Lipinski definition) is 4. The molecular formula is C13H17NO3. The highest BCUT2D eigenvalue weighted by Gasteiger charge is 2.05. The lowest BCUT2D eigenvalue weighted by Gasteiger charge is -2.12. The maximum atomic E-state index is 9.49. The smallest absolute Gasteiger partial charge is 0.119 e. The molecule has 1 atom stereocenters. The SMILES string of the molecule is C=C(C)[C@H](O)COc1ccc(CC=NO)cc1. The van der Waals surface area contributed by atoms with Gasteiger partial charge in [-0.05, 0) is 30.2 Å². The van der Waals surface area contributed by atoms with Gasteiger partial charge in [0.25, 0.3) is 0 Å². The van der Waals surface area contributed by atoms with E-state index in [1.165, 1.54) is 6.21 Å². The number of ether oxygens (including phenoxy) is 1. The van der Waals surface area contributed by atoms with E-state index in [0.29, 0.717) is 17.7 Å². The van der Waals surface area contributed by atoms with Crippen molar-refractivity contribution in [1.82, 2.24) is 0 Å². The Balaban J connectivity index is 2.48. The average Bonchev–Trinajstić information content (AvgIpc) is 2.34. The second-order valence-corrected chi connectivity index (χ2v) is 3.82. The average molecular weight is 235 g/mol. The largest absolute Gasteiger partial charge is 0.491 e. The molecule has 1 aromatic carbocycles. The van der Waals surface area contributed by atoms with Crippen molar-refractivity contribution in [1.29, 1.82) is 0 Å². The van der Waals surface area contributed by atoms with Crippen LogP contribution in [0.5, 0.6) is 5.75 Å². The van der Waals surface area contributed by atoms with Crippen molar-refractivity contribution >= 4 is 6.21 Å². The van der Waals surface area contributed by atoms with Gasteiger partial charge in [-0.1, -0.05) is 18.7 Å². The maximum absolute atomic E-state index is 9.49. The Morgan fingerprint density at radius 1 is 1.47 bits per heavy atom. The summed E-state index contributed by atoms with van der Waals surface area (Å²) in [6.07, 6.45) is 1.35. The Bertz CT molecular complexity index is 384. The molecule has 0 unspecified atom stereocenters. The van der Waals surface area contributed by atoms with Gasteiger partial charge in [0.15, 0.2) is 0 Å². The third-order valence-electron chi connectivity index (χ3n) is 2.31. The Morgan fingerprint density at radius 3 is 2.65 bits per heavy atom. The van der Waals surface area contributed by atoms with Gasteiger partial charge in [0.2, 0.25) is 0 Å². The van der Waals surface area contributed by atoms with Crippen molar-refractivity contribution in [2.24, 2.45) is 5.16 Å². The molecule has 0 fully saturated rings. The van der Waals surface area contributed by atoms with Gasteiger partial charge in [-0.2, -0.15) is 0 Å². The number of nitrogens with zero attached hydrogens (tertiary/aromatic N) is 1. The van der Waals surface area contributed by atoms with Crippen LogP contribution in [0, 0.1) is 0 Å². The summed E-state index contributed by atoms with van der Waals surface area (Å²) >= 11 is 0. The van der Waals surface area contributed by atoms with E-state index in [9.17, 15) is 5.11 Å². The predicted molar refractivity (Wildman–Crippen MR) is 66.7 cm³/mol. The zero-order chi connectivity index (χ0) is 12.7. The molecule has 0 saturated heterocycles. The van der Waals surface area contributed by atoms with E-state index >= 15 is 0 Å². The number of rotatable bonds is 6. The second-order valence-electron chi connectivity index (χ2n) is 3.82. The van der Waals surface area contributed by atoms with Crippen LogP contribution in [0.1, 0.15) is 12.5 Å². The van der Waals surface area contributed by atoms with Crippen LogP contribution in [0.15, 0.2) is 41.6 Å². The van der Waals surface area contributed by atoms with E-state index in [-0.39, 0.29) is 6.61 Å². The number of aliphatic hydroxyl groups is 1. The fraction of sp³-hybridized carbons (Fsp3) is 0.308. The van der Waals surface area contributed by atoms with Gasteiger partial charge in [0.1, 0.15) is 18.5 Å². The van der Waals surface area contributed by atoms with Gasteiger partial charge < -0.3 is 15.1 Å². The highest BCUT2D eigenvalue weighted by molar-refractivity contribution is 5.60. The quantitative estimate of drug-likeness (QED) is 0.343. The Morgan fingerprint density at radius 2 is 2.12 bits per heavy atom. The fourth-order valence-corrected chi connectivity index (χ4v) is 1.19. The predicted octanol–water partition coefficient (Wildman–Crippen LogP) is 2.00. The molecule has 0 radical (unpaired) electrons. The van der Waals surface area contributed by atoms with Gasteiger partial charge in [0.05, 0.1) is 0 Å². The summed E-state index contributed by atoms with van der Waals surface area (Å²) in [6, 6.07) is 7.38. The molecule has 0 aromatic heterocycles. The minimum absolute atomic E-state index is 0.201. The summed E-state index contributed by atoms with van der Waals surface area (Å²) in [5, 5.41) is 20.7. The van der Waals surface area contributed by atoms with Crippen LogP contribution in [0.25, 0.3) is 0 Å². The van der Waals surface area contributed by atoms with Crippen LogP contribution in [0.4, 0.5) is 0 Å². The molecule has 0 spiro atoms. The summed E-state index contributed by atoms with van der Waals surface area (Å²) in [4.78, 5) is 0. The van der Waals surface area contributed by atoms with E-state index in [0.717, 1.165) is 5.56 Å². The first kappa shape index (κ1) is 13.3. The van der Waals surface area contributed by atoms with E-state index in [1.54, 1.807) is 6.92 Å². The third kappa shape index (κ3) is 4.70. The normalized spacial score (nSPS) is 12.6. The summed E-state index contributed by atoms with van der Waals surface area (Å²) in [6.45, 7) is 5.60. The summed E-state index contributed by atoms with van der Waals surface area (Å²) in [5.41, 5.74) is 1.70. The molecule has 92 valence electrons. The van der Waals surface area contributed by atoms with Gasteiger partial charge >= 0.3 is 0 Å². The topological polar surface area (TPSA) is 62.0 Å². The van der Waals surface area contributed by atoms with Crippen LogP contribution in [-0.4, -0.2) is 29.2 Å². The highest BCUT2D eigenvalue weighted by atomic mass is 16.5. The van der Waals surface area contributed by atoms with Gasteiger partial charge in [-0.25, -0.2) is 0 Å². The fourth-order valence-electron chi connectivity index (χ4n) is 1.19. The van der Waals surface area contributed by atoms with Crippen LogP contribution >= 0.6 is 0 Å². The highest BCUT2D eigenvalue weighted by Crippen LogP contribution is 2.13. The molecule has 0 aliphatic rings. The molecular weight excluding hydrogens is 218 g/mol. The Labute approximate surface area is 101 Å². The van der Waals surface area contributed by atoms with Crippen molar-refractivity contribution in [3.8, 4) is 5.75 Å². The molecule has 0 aliphatic heterocycles. The van der Waals surface area contributed by atoms with Crippen LogP contribution < -0.4 is 4.74 Å². The molecule has 1 rings (SSSR count). The lowest BCUT2D eigenvalue weighted by molar-refractivity contribution is 0.136. The Hall–Kier alpha value is -1.81.